The van der Waals surface area contributed by atoms with Crippen LogP contribution in [0, 0.1) is 0 Å². The van der Waals surface area contributed by atoms with E-state index in [4.69, 9.17) is 0 Å². The van der Waals surface area contributed by atoms with Crippen molar-refractivity contribution in [3.8, 4) is 0 Å². The van der Waals surface area contributed by atoms with Crippen molar-refractivity contribution in [2.24, 2.45) is 4.99 Å². The van der Waals surface area contributed by atoms with E-state index in [0.29, 0.717) is 23.3 Å². The van der Waals surface area contributed by atoms with Gasteiger partial charge in [0.05, 0.1) is 0 Å². The third-order valence-corrected chi connectivity index (χ3v) is 6.93. The molecule has 2 aliphatic carbocycles. The van der Waals surface area contributed by atoms with Crippen molar-refractivity contribution >= 4 is 16.8 Å². The molecule has 3 rings (SSSR count). The average molecular weight is 348 g/mol. The summed E-state index contributed by atoms with van der Waals surface area (Å²) < 4.78 is 12.1. The van der Waals surface area contributed by atoms with Gasteiger partial charge in [-0.3, -0.25) is 9.20 Å². The Labute approximate surface area is 148 Å². The maximum Gasteiger partial charge on any atom is 0.191 e. The van der Waals surface area contributed by atoms with E-state index in [1.807, 2.05) is 14.0 Å². The van der Waals surface area contributed by atoms with E-state index in [1.54, 1.807) is 0 Å². The molecule has 24 heavy (non-hydrogen) atoms. The van der Waals surface area contributed by atoms with E-state index < -0.39 is 10.8 Å². The first-order valence-electron chi connectivity index (χ1n) is 9.13. The number of aliphatic imine (C=N–C) groups is 1. The molecule has 2 aliphatic rings. The minimum atomic E-state index is -0.680. The lowest BCUT2D eigenvalue weighted by Crippen LogP contribution is -2.47. The van der Waals surface area contributed by atoms with Crippen molar-refractivity contribution in [2.45, 2.75) is 62.3 Å². The highest BCUT2D eigenvalue weighted by Gasteiger charge is 2.39. The molecule has 5 heteroatoms. The molecule has 1 aromatic rings. The Balaban J connectivity index is 1.50. The summed E-state index contributed by atoms with van der Waals surface area (Å²) in [5.74, 6) is 2.26. The number of hydrogen-bond acceptors (Lipinski definition) is 2. The summed E-state index contributed by atoms with van der Waals surface area (Å²) in [4.78, 5) is 4.40. The SMILES string of the molecule is CCS(=O)C1CCCC(NC(=NC)NC2CC2c2ccccc2)C1. The van der Waals surface area contributed by atoms with Crippen molar-refractivity contribution in [1.29, 1.82) is 0 Å². The molecule has 4 nitrogen and oxygen atoms in total. The van der Waals surface area contributed by atoms with Crippen molar-refractivity contribution in [1.82, 2.24) is 10.6 Å². The van der Waals surface area contributed by atoms with Gasteiger partial charge in [0.25, 0.3) is 0 Å². The van der Waals surface area contributed by atoms with Crippen LogP contribution in [-0.4, -0.2) is 40.3 Å². The van der Waals surface area contributed by atoms with Crippen LogP contribution in [0.1, 0.15) is 50.5 Å². The molecule has 1 aromatic carbocycles. The molecule has 0 amide bonds. The molecule has 5 atom stereocenters. The molecule has 5 unspecified atom stereocenters. The predicted octanol–water partition coefficient (Wildman–Crippen LogP) is 2.79. The van der Waals surface area contributed by atoms with Gasteiger partial charge in [0, 0.05) is 46.9 Å². The van der Waals surface area contributed by atoms with Gasteiger partial charge in [-0.05, 0) is 31.2 Å². The van der Waals surface area contributed by atoms with E-state index >= 15 is 0 Å². The number of nitrogens with zero attached hydrogens (tertiary/aromatic N) is 1. The molecule has 0 aliphatic heterocycles. The van der Waals surface area contributed by atoms with E-state index in [-0.39, 0.29) is 0 Å². The minimum absolute atomic E-state index is 0.345. The highest BCUT2D eigenvalue weighted by Crippen LogP contribution is 2.40. The molecule has 0 radical (unpaired) electrons. The van der Waals surface area contributed by atoms with Gasteiger partial charge < -0.3 is 10.6 Å². The summed E-state index contributed by atoms with van der Waals surface area (Å²) in [6.45, 7) is 2.02. The molecule has 2 fully saturated rings. The maximum absolute atomic E-state index is 12.1. The quantitative estimate of drug-likeness (QED) is 0.636. The lowest BCUT2D eigenvalue weighted by Gasteiger charge is -2.30. The fourth-order valence-electron chi connectivity index (χ4n) is 3.71. The molecule has 0 spiro atoms. The smallest absolute Gasteiger partial charge is 0.191 e. The zero-order chi connectivity index (χ0) is 16.9. The topological polar surface area (TPSA) is 53.5 Å². The molecule has 0 bridgehead atoms. The zero-order valence-corrected chi connectivity index (χ0v) is 15.5. The molecular formula is C19H29N3OS. The summed E-state index contributed by atoms with van der Waals surface area (Å²) in [7, 11) is 1.15. The van der Waals surface area contributed by atoms with E-state index in [0.717, 1.165) is 43.8 Å². The van der Waals surface area contributed by atoms with Crippen molar-refractivity contribution < 1.29 is 4.21 Å². The fourth-order valence-corrected chi connectivity index (χ4v) is 5.06. The van der Waals surface area contributed by atoms with Gasteiger partial charge in [-0.2, -0.15) is 0 Å². The largest absolute Gasteiger partial charge is 0.354 e. The lowest BCUT2D eigenvalue weighted by atomic mass is 9.95. The van der Waals surface area contributed by atoms with Crippen LogP contribution in [0.3, 0.4) is 0 Å². The molecular weight excluding hydrogens is 318 g/mol. The summed E-state index contributed by atoms with van der Waals surface area (Å²) in [5.41, 5.74) is 1.40. The second kappa shape index (κ2) is 8.15. The van der Waals surface area contributed by atoms with Crippen LogP contribution < -0.4 is 10.6 Å². The van der Waals surface area contributed by atoms with Crippen LogP contribution in [0.25, 0.3) is 0 Å². The minimum Gasteiger partial charge on any atom is -0.354 e. The molecule has 0 heterocycles. The van der Waals surface area contributed by atoms with Crippen molar-refractivity contribution in [3.63, 3.8) is 0 Å². The second-order valence-electron chi connectivity index (χ2n) is 6.88. The van der Waals surface area contributed by atoms with Crippen molar-refractivity contribution in [2.75, 3.05) is 12.8 Å². The monoisotopic (exact) mass is 347 g/mol. The Morgan fingerprint density at radius 2 is 2.00 bits per heavy atom. The first-order chi connectivity index (χ1) is 11.7. The molecule has 2 N–H and O–H groups in total. The number of rotatable bonds is 5. The Morgan fingerprint density at radius 1 is 1.21 bits per heavy atom. The van der Waals surface area contributed by atoms with Crippen LogP contribution in [0.5, 0.6) is 0 Å². The van der Waals surface area contributed by atoms with Crippen LogP contribution >= 0.6 is 0 Å². The fraction of sp³-hybridized carbons (Fsp3) is 0.632. The van der Waals surface area contributed by atoms with Gasteiger partial charge >= 0.3 is 0 Å². The Morgan fingerprint density at radius 3 is 2.71 bits per heavy atom. The summed E-state index contributed by atoms with van der Waals surface area (Å²) in [6.07, 6.45) is 5.56. The van der Waals surface area contributed by atoms with E-state index in [1.165, 1.54) is 5.56 Å². The van der Waals surface area contributed by atoms with Gasteiger partial charge in [0.15, 0.2) is 5.96 Å². The molecule has 0 aromatic heterocycles. The third-order valence-electron chi connectivity index (χ3n) is 5.19. The summed E-state index contributed by atoms with van der Waals surface area (Å²) in [6, 6.07) is 11.5. The number of nitrogens with one attached hydrogen (secondary N) is 2. The Kier molecular flexibility index (Phi) is 5.93. The number of benzene rings is 1. The molecule has 132 valence electrons. The molecule has 0 saturated heterocycles. The van der Waals surface area contributed by atoms with E-state index in [2.05, 4.69) is 46.0 Å². The maximum atomic E-state index is 12.1. The van der Waals surface area contributed by atoms with Crippen LogP contribution in [0.2, 0.25) is 0 Å². The van der Waals surface area contributed by atoms with Gasteiger partial charge in [-0.15, -0.1) is 0 Å². The van der Waals surface area contributed by atoms with Crippen LogP contribution in [-0.2, 0) is 10.8 Å². The lowest BCUT2D eigenvalue weighted by molar-refractivity contribution is 0.413. The van der Waals surface area contributed by atoms with Gasteiger partial charge in [0.2, 0.25) is 0 Å². The number of hydrogen-bond donors (Lipinski definition) is 2. The highest BCUT2D eigenvalue weighted by molar-refractivity contribution is 7.85. The van der Waals surface area contributed by atoms with Crippen LogP contribution in [0.15, 0.2) is 35.3 Å². The van der Waals surface area contributed by atoms with Crippen molar-refractivity contribution in [3.05, 3.63) is 35.9 Å². The second-order valence-corrected chi connectivity index (χ2v) is 8.88. The standard InChI is InChI=1S/C19H29N3OS/c1-3-24(23)16-11-7-10-15(12-16)21-19(20-2)22-18-13-17(18)14-8-5-4-6-9-14/h4-6,8-9,15-18H,3,7,10-13H2,1-2H3,(H2,20,21,22). The zero-order valence-electron chi connectivity index (χ0n) is 14.7. The predicted molar refractivity (Wildman–Crippen MR) is 102 cm³/mol. The Hall–Kier alpha value is -1.36. The first kappa shape index (κ1) is 17.5. The third kappa shape index (κ3) is 4.38. The number of guanidine groups is 1. The normalized spacial score (nSPS) is 31.3. The average Bonchev–Trinajstić information content (AvgIpc) is 3.40. The van der Waals surface area contributed by atoms with Crippen LogP contribution in [0.4, 0.5) is 0 Å². The van der Waals surface area contributed by atoms with Gasteiger partial charge in [0.1, 0.15) is 0 Å². The van der Waals surface area contributed by atoms with Gasteiger partial charge in [-0.25, -0.2) is 0 Å². The highest BCUT2D eigenvalue weighted by atomic mass is 32.2. The summed E-state index contributed by atoms with van der Waals surface area (Å²) >= 11 is 0. The van der Waals surface area contributed by atoms with E-state index in [9.17, 15) is 4.21 Å². The summed E-state index contributed by atoms with van der Waals surface area (Å²) in [5, 5.41) is 7.46. The van der Waals surface area contributed by atoms with Gasteiger partial charge in [-0.1, -0.05) is 43.7 Å². The first-order valence-corrected chi connectivity index (χ1v) is 10.5. The Bertz CT molecular complexity index is 590. The molecule has 2 saturated carbocycles.